The molecule has 1 unspecified atom stereocenters. The number of hydrogen-bond donors (Lipinski definition) is 1. The van der Waals surface area contributed by atoms with Crippen molar-refractivity contribution in [2.45, 2.75) is 45.3 Å². The summed E-state index contributed by atoms with van der Waals surface area (Å²) in [5.74, 6) is 0. The van der Waals surface area contributed by atoms with Crippen molar-refractivity contribution < 1.29 is 5.11 Å². The van der Waals surface area contributed by atoms with E-state index in [-0.39, 0.29) is 6.10 Å². The number of rotatable bonds is 6. The fourth-order valence-corrected chi connectivity index (χ4v) is 2.76. The van der Waals surface area contributed by atoms with E-state index in [4.69, 9.17) is 0 Å². The molecule has 1 heterocycles. The molecule has 0 saturated carbocycles. The van der Waals surface area contributed by atoms with Gasteiger partial charge in [0.2, 0.25) is 0 Å². The molecular weight excluding hydrogens is 248 g/mol. The predicted molar refractivity (Wildman–Crippen MR) is 85.1 cm³/mol. The normalized spacial score (nSPS) is 17.5. The molecule has 20 heavy (non-hydrogen) atoms. The number of aliphatic hydroxyl groups is 1. The van der Waals surface area contributed by atoms with Gasteiger partial charge >= 0.3 is 0 Å². The summed E-state index contributed by atoms with van der Waals surface area (Å²) >= 11 is 0. The molecule has 112 valence electrons. The Bertz CT molecular complexity index is 382. The van der Waals surface area contributed by atoms with E-state index in [1.807, 2.05) is 6.92 Å². The number of aliphatic hydroxyl groups excluding tert-OH is 1. The molecule has 1 aromatic carbocycles. The quantitative estimate of drug-likeness (QED) is 0.865. The third-order valence-electron chi connectivity index (χ3n) is 4.04. The molecule has 1 aliphatic heterocycles. The highest BCUT2D eigenvalue weighted by Gasteiger charge is 2.10. The lowest BCUT2D eigenvalue weighted by molar-refractivity contribution is 0.163. The molecule has 0 aromatic heterocycles. The molecular formula is C17H28N2O. The highest BCUT2D eigenvalue weighted by Crippen LogP contribution is 2.20. The number of piperidine rings is 1. The van der Waals surface area contributed by atoms with Crippen LogP contribution in [0.25, 0.3) is 0 Å². The lowest BCUT2D eigenvalue weighted by Gasteiger charge is -2.29. The molecule has 1 atom stereocenters. The molecule has 0 bridgehead atoms. The first-order valence-electron chi connectivity index (χ1n) is 7.85. The summed E-state index contributed by atoms with van der Waals surface area (Å²) in [5.41, 5.74) is 2.71. The molecule has 1 aliphatic rings. The molecule has 3 nitrogen and oxygen atoms in total. The Balaban J connectivity index is 1.84. The fraction of sp³-hybridized carbons (Fsp3) is 0.647. The number of anilines is 1. The van der Waals surface area contributed by atoms with Gasteiger partial charge in [0.1, 0.15) is 0 Å². The smallest absolute Gasteiger partial charge is 0.0524 e. The van der Waals surface area contributed by atoms with E-state index in [9.17, 15) is 5.11 Å². The summed E-state index contributed by atoms with van der Waals surface area (Å²) in [6.45, 7) is 6.14. The van der Waals surface area contributed by atoms with Crippen LogP contribution in [-0.2, 0) is 6.54 Å². The SMILES string of the molecule is CC(O)CCN(C)Cc1ccc(N2CCCCC2)cc1. The van der Waals surface area contributed by atoms with Crippen LogP contribution in [0.15, 0.2) is 24.3 Å². The summed E-state index contributed by atoms with van der Waals surface area (Å²) in [4.78, 5) is 4.76. The van der Waals surface area contributed by atoms with Gasteiger partial charge in [-0.1, -0.05) is 12.1 Å². The standard InChI is InChI=1S/C17H28N2O/c1-15(20)10-13-18(2)14-16-6-8-17(9-7-16)19-11-4-3-5-12-19/h6-9,15,20H,3-5,10-14H2,1-2H3. The highest BCUT2D eigenvalue weighted by molar-refractivity contribution is 5.47. The second-order valence-corrected chi connectivity index (χ2v) is 6.09. The zero-order chi connectivity index (χ0) is 14.4. The van der Waals surface area contributed by atoms with Crippen molar-refractivity contribution in [1.82, 2.24) is 4.90 Å². The van der Waals surface area contributed by atoms with Gasteiger partial charge in [0.15, 0.2) is 0 Å². The Kier molecular flexibility index (Phi) is 5.86. The number of benzene rings is 1. The van der Waals surface area contributed by atoms with Gasteiger partial charge in [-0.3, -0.25) is 0 Å². The summed E-state index contributed by atoms with van der Waals surface area (Å²) < 4.78 is 0. The first kappa shape index (κ1) is 15.3. The van der Waals surface area contributed by atoms with Crippen LogP contribution in [0, 0.1) is 0 Å². The van der Waals surface area contributed by atoms with Gasteiger partial charge in [-0.25, -0.2) is 0 Å². The molecule has 1 fully saturated rings. The van der Waals surface area contributed by atoms with Crippen LogP contribution in [0.2, 0.25) is 0 Å². The molecule has 0 spiro atoms. The maximum absolute atomic E-state index is 9.32. The van der Waals surface area contributed by atoms with E-state index in [0.29, 0.717) is 0 Å². The molecule has 3 heteroatoms. The van der Waals surface area contributed by atoms with Crippen molar-refractivity contribution in [1.29, 1.82) is 0 Å². The number of nitrogens with zero attached hydrogens (tertiary/aromatic N) is 2. The van der Waals surface area contributed by atoms with Gasteiger partial charge in [-0.15, -0.1) is 0 Å². The minimum Gasteiger partial charge on any atom is -0.393 e. The van der Waals surface area contributed by atoms with Crippen molar-refractivity contribution in [3.63, 3.8) is 0 Å². The lowest BCUT2D eigenvalue weighted by Crippen LogP contribution is -2.29. The van der Waals surface area contributed by atoms with Gasteiger partial charge in [0.25, 0.3) is 0 Å². The van der Waals surface area contributed by atoms with Gasteiger partial charge in [-0.05, 0) is 57.4 Å². The topological polar surface area (TPSA) is 26.7 Å². The van der Waals surface area contributed by atoms with Gasteiger partial charge < -0.3 is 14.9 Å². The summed E-state index contributed by atoms with van der Waals surface area (Å²) in [6.07, 6.45) is 4.65. The van der Waals surface area contributed by atoms with E-state index in [1.165, 1.54) is 43.6 Å². The first-order valence-corrected chi connectivity index (χ1v) is 7.85. The molecule has 1 N–H and O–H groups in total. The van der Waals surface area contributed by atoms with E-state index in [2.05, 4.69) is 41.1 Å². The second kappa shape index (κ2) is 7.65. The predicted octanol–water partition coefficient (Wildman–Crippen LogP) is 2.88. The third-order valence-corrected chi connectivity index (χ3v) is 4.04. The summed E-state index contributed by atoms with van der Waals surface area (Å²) in [7, 11) is 2.11. The molecule has 0 radical (unpaired) electrons. The molecule has 0 amide bonds. The average Bonchev–Trinajstić information content (AvgIpc) is 2.47. The Morgan fingerprint density at radius 2 is 1.80 bits per heavy atom. The molecule has 2 rings (SSSR count). The van der Waals surface area contributed by atoms with Crippen molar-refractivity contribution in [2.24, 2.45) is 0 Å². The monoisotopic (exact) mass is 276 g/mol. The minimum atomic E-state index is -0.209. The highest BCUT2D eigenvalue weighted by atomic mass is 16.3. The molecule has 0 aliphatic carbocycles. The third kappa shape index (κ3) is 4.80. The molecule has 1 saturated heterocycles. The van der Waals surface area contributed by atoms with Gasteiger partial charge in [0.05, 0.1) is 6.10 Å². The maximum Gasteiger partial charge on any atom is 0.0524 e. The van der Waals surface area contributed by atoms with E-state index in [0.717, 1.165) is 19.5 Å². The van der Waals surface area contributed by atoms with E-state index >= 15 is 0 Å². The Morgan fingerprint density at radius 3 is 2.40 bits per heavy atom. The van der Waals surface area contributed by atoms with Crippen LogP contribution in [0.1, 0.15) is 38.2 Å². The summed E-state index contributed by atoms with van der Waals surface area (Å²) in [5, 5.41) is 9.32. The van der Waals surface area contributed by atoms with Crippen molar-refractivity contribution in [3.8, 4) is 0 Å². The zero-order valence-electron chi connectivity index (χ0n) is 12.9. The van der Waals surface area contributed by atoms with E-state index < -0.39 is 0 Å². The van der Waals surface area contributed by atoms with Crippen LogP contribution >= 0.6 is 0 Å². The van der Waals surface area contributed by atoms with Crippen LogP contribution in [-0.4, -0.2) is 42.8 Å². The van der Waals surface area contributed by atoms with Gasteiger partial charge in [0, 0.05) is 31.9 Å². The fourth-order valence-electron chi connectivity index (χ4n) is 2.76. The first-order chi connectivity index (χ1) is 9.65. The average molecular weight is 276 g/mol. The van der Waals surface area contributed by atoms with Crippen LogP contribution in [0.4, 0.5) is 5.69 Å². The van der Waals surface area contributed by atoms with Crippen LogP contribution in [0.5, 0.6) is 0 Å². The minimum absolute atomic E-state index is 0.209. The zero-order valence-corrected chi connectivity index (χ0v) is 12.9. The van der Waals surface area contributed by atoms with Crippen LogP contribution < -0.4 is 4.90 Å². The van der Waals surface area contributed by atoms with Crippen LogP contribution in [0.3, 0.4) is 0 Å². The van der Waals surface area contributed by atoms with E-state index in [1.54, 1.807) is 0 Å². The Labute approximate surface area is 123 Å². The second-order valence-electron chi connectivity index (χ2n) is 6.09. The number of hydrogen-bond acceptors (Lipinski definition) is 3. The van der Waals surface area contributed by atoms with Crippen molar-refractivity contribution in [2.75, 3.05) is 31.6 Å². The Morgan fingerprint density at radius 1 is 1.15 bits per heavy atom. The van der Waals surface area contributed by atoms with Gasteiger partial charge in [-0.2, -0.15) is 0 Å². The molecule has 1 aromatic rings. The maximum atomic E-state index is 9.32. The Hall–Kier alpha value is -1.06. The van der Waals surface area contributed by atoms with Crippen molar-refractivity contribution >= 4 is 5.69 Å². The lowest BCUT2D eigenvalue weighted by atomic mass is 10.1. The largest absolute Gasteiger partial charge is 0.393 e. The van der Waals surface area contributed by atoms with Crippen molar-refractivity contribution in [3.05, 3.63) is 29.8 Å². The summed E-state index contributed by atoms with van der Waals surface area (Å²) in [6, 6.07) is 8.98.